The third-order valence-corrected chi connectivity index (χ3v) is 2.60. The highest BCUT2D eigenvalue weighted by atomic mass is 16.6. The van der Waals surface area contributed by atoms with Gasteiger partial charge in [-0.05, 0) is 24.3 Å². The fourth-order valence-electron chi connectivity index (χ4n) is 1.46. The first-order valence-electron chi connectivity index (χ1n) is 6.89. The third kappa shape index (κ3) is 7.07. The van der Waals surface area contributed by atoms with Crippen molar-refractivity contribution in [2.24, 2.45) is 0 Å². The third-order valence-electron chi connectivity index (χ3n) is 2.60. The van der Waals surface area contributed by atoms with E-state index in [4.69, 9.17) is 4.74 Å². The van der Waals surface area contributed by atoms with E-state index in [2.05, 4.69) is 10.2 Å². The summed E-state index contributed by atoms with van der Waals surface area (Å²) >= 11 is 0. The smallest absolute Gasteiger partial charge is 0.344 e. The van der Waals surface area contributed by atoms with Crippen molar-refractivity contribution in [3.63, 3.8) is 0 Å². The van der Waals surface area contributed by atoms with E-state index in [9.17, 15) is 19.2 Å². The van der Waals surface area contributed by atoms with E-state index in [0.717, 1.165) is 0 Å². The average Bonchev–Trinajstić information content (AvgIpc) is 2.55. The highest BCUT2D eigenvalue weighted by molar-refractivity contribution is 5.95. The summed E-state index contributed by atoms with van der Waals surface area (Å²) in [6.07, 6.45) is 0.410. The highest BCUT2D eigenvalue weighted by Gasteiger charge is 2.09. The number of hydrogen-bond donors (Lipinski definition) is 2. The number of nitrogens with one attached hydrogen (secondary N) is 2. The minimum absolute atomic E-state index is 0.0149. The summed E-state index contributed by atoms with van der Waals surface area (Å²) in [4.78, 5) is 44.6. The first kappa shape index (κ1) is 18.1. The lowest BCUT2D eigenvalue weighted by atomic mass is 10.1. The minimum atomic E-state index is -0.739. The van der Waals surface area contributed by atoms with Gasteiger partial charge in [0.1, 0.15) is 5.75 Å². The van der Waals surface area contributed by atoms with Crippen LogP contribution in [0.5, 0.6) is 5.75 Å². The average molecular weight is 322 g/mol. The molecule has 1 aromatic rings. The van der Waals surface area contributed by atoms with E-state index >= 15 is 0 Å². The summed E-state index contributed by atoms with van der Waals surface area (Å²) in [5.41, 5.74) is 4.67. The molecule has 1 aromatic carbocycles. The molecule has 0 aliphatic rings. The Hall–Kier alpha value is -2.90. The minimum Gasteiger partial charge on any atom is -0.482 e. The number of esters is 1. The first-order valence-corrected chi connectivity index (χ1v) is 6.89. The van der Waals surface area contributed by atoms with Crippen LogP contribution < -0.4 is 15.6 Å². The van der Waals surface area contributed by atoms with E-state index < -0.39 is 24.4 Å². The molecule has 0 aliphatic carbocycles. The number of ether oxygens (including phenoxy) is 2. The first-order chi connectivity index (χ1) is 10.9. The topological polar surface area (TPSA) is 111 Å². The van der Waals surface area contributed by atoms with Crippen molar-refractivity contribution in [3.05, 3.63) is 29.8 Å². The maximum Gasteiger partial charge on any atom is 0.344 e. The lowest BCUT2D eigenvalue weighted by Crippen LogP contribution is -2.42. The maximum atomic E-state index is 11.5. The second-order valence-electron chi connectivity index (χ2n) is 4.48. The van der Waals surface area contributed by atoms with Crippen LogP contribution in [0.1, 0.15) is 30.6 Å². The zero-order valence-corrected chi connectivity index (χ0v) is 12.9. The molecule has 2 amide bonds. The van der Waals surface area contributed by atoms with Gasteiger partial charge >= 0.3 is 5.97 Å². The van der Waals surface area contributed by atoms with Crippen LogP contribution in [0.25, 0.3) is 0 Å². The molecule has 0 bridgehead atoms. The van der Waals surface area contributed by atoms with Crippen LogP contribution in [0.2, 0.25) is 0 Å². The number of ketones is 1. The van der Waals surface area contributed by atoms with Gasteiger partial charge in [-0.15, -0.1) is 0 Å². The SMILES string of the molecule is CCC(=O)c1ccc(OCC(=O)OCC(=O)NNC(C)=O)cc1. The second-order valence-corrected chi connectivity index (χ2v) is 4.48. The summed E-state index contributed by atoms with van der Waals surface area (Å²) in [5, 5.41) is 0. The van der Waals surface area contributed by atoms with E-state index in [1.807, 2.05) is 5.43 Å². The molecule has 0 spiro atoms. The van der Waals surface area contributed by atoms with Gasteiger partial charge in [-0.25, -0.2) is 4.79 Å². The normalized spacial score (nSPS) is 9.65. The standard InChI is InChI=1S/C15H18N2O6/c1-3-13(19)11-4-6-12(7-5-11)22-9-15(21)23-8-14(20)17-16-10(2)18/h4-7H,3,8-9H2,1-2H3,(H,16,18)(H,17,20). The fourth-order valence-corrected chi connectivity index (χ4v) is 1.46. The fraction of sp³-hybridized carbons (Fsp3) is 0.333. The number of amides is 2. The molecule has 0 heterocycles. The second kappa shape index (κ2) is 9.19. The number of benzene rings is 1. The quantitative estimate of drug-likeness (QED) is 0.426. The molecule has 0 unspecified atom stereocenters. The van der Waals surface area contributed by atoms with Crippen LogP contribution in [-0.2, 0) is 19.1 Å². The Bertz CT molecular complexity index is 582. The van der Waals surface area contributed by atoms with E-state index in [1.165, 1.54) is 6.92 Å². The molecule has 0 aliphatic heterocycles. The predicted octanol–water partition coefficient (Wildman–Crippen LogP) is 0.369. The van der Waals surface area contributed by atoms with Crippen LogP contribution in [0, 0.1) is 0 Å². The molecular weight excluding hydrogens is 304 g/mol. The zero-order chi connectivity index (χ0) is 17.2. The largest absolute Gasteiger partial charge is 0.482 e. The zero-order valence-electron chi connectivity index (χ0n) is 12.9. The van der Waals surface area contributed by atoms with Gasteiger partial charge < -0.3 is 9.47 Å². The highest BCUT2D eigenvalue weighted by Crippen LogP contribution is 2.13. The lowest BCUT2D eigenvalue weighted by molar-refractivity contribution is -0.150. The molecule has 2 N–H and O–H groups in total. The molecular formula is C15H18N2O6. The van der Waals surface area contributed by atoms with E-state index in [-0.39, 0.29) is 12.4 Å². The number of hydrazine groups is 1. The predicted molar refractivity (Wildman–Crippen MR) is 79.5 cm³/mol. The Kier molecular flexibility index (Phi) is 7.25. The van der Waals surface area contributed by atoms with Crippen LogP contribution in [0.4, 0.5) is 0 Å². The molecule has 0 aromatic heterocycles. The van der Waals surface area contributed by atoms with E-state index in [1.54, 1.807) is 31.2 Å². The Morgan fingerprint density at radius 1 is 1.00 bits per heavy atom. The number of carbonyl (C=O) groups excluding carboxylic acids is 4. The summed E-state index contributed by atoms with van der Waals surface area (Å²) in [6.45, 7) is 2.07. The monoisotopic (exact) mass is 322 g/mol. The van der Waals surface area contributed by atoms with Gasteiger partial charge in [0.25, 0.3) is 5.91 Å². The van der Waals surface area contributed by atoms with Gasteiger partial charge in [-0.3, -0.25) is 25.2 Å². The molecule has 8 nitrogen and oxygen atoms in total. The molecule has 0 fully saturated rings. The summed E-state index contributed by atoms with van der Waals surface area (Å²) in [5.74, 6) is -1.44. The van der Waals surface area contributed by atoms with Gasteiger partial charge in [-0.2, -0.15) is 0 Å². The number of hydrogen-bond acceptors (Lipinski definition) is 6. The number of Topliss-reactive ketones (excluding diaryl/α,β-unsaturated/α-hetero) is 1. The van der Waals surface area contributed by atoms with Crippen molar-refractivity contribution >= 4 is 23.6 Å². The van der Waals surface area contributed by atoms with Gasteiger partial charge in [0.2, 0.25) is 5.91 Å². The Morgan fingerprint density at radius 3 is 2.22 bits per heavy atom. The van der Waals surface area contributed by atoms with E-state index in [0.29, 0.717) is 17.7 Å². The van der Waals surface area contributed by atoms with Gasteiger partial charge in [0.05, 0.1) is 0 Å². The maximum absolute atomic E-state index is 11.5. The molecule has 8 heteroatoms. The molecule has 0 radical (unpaired) electrons. The number of carbonyl (C=O) groups is 4. The molecule has 23 heavy (non-hydrogen) atoms. The van der Waals surface area contributed by atoms with Crippen molar-refractivity contribution in [1.29, 1.82) is 0 Å². The van der Waals surface area contributed by atoms with Crippen LogP contribution >= 0.6 is 0 Å². The molecule has 124 valence electrons. The van der Waals surface area contributed by atoms with Gasteiger partial charge in [0.15, 0.2) is 19.0 Å². The lowest BCUT2D eigenvalue weighted by Gasteiger charge is -2.08. The van der Waals surface area contributed by atoms with Crippen molar-refractivity contribution in [2.45, 2.75) is 20.3 Å². The molecule has 0 saturated heterocycles. The van der Waals surface area contributed by atoms with Crippen LogP contribution in [0.3, 0.4) is 0 Å². The van der Waals surface area contributed by atoms with Crippen molar-refractivity contribution in [2.75, 3.05) is 13.2 Å². The molecule has 0 saturated carbocycles. The molecule has 1 rings (SSSR count). The number of rotatable bonds is 7. The van der Waals surface area contributed by atoms with Gasteiger partial charge in [-0.1, -0.05) is 6.92 Å². The molecule has 0 atom stereocenters. The Labute approximate surface area is 133 Å². The van der Waals surface area contributed by atoms with Crippen molar-refractivity contribution in [3.8, 4) is 5.75 Å². The van der Waals surface area contributed by atoms with Crippen molar-refractivity contribution < 1.29 is 28.7 Å². The Morgan fingerprint density at radius 2 is 1.65 bits per heavy atom. The Balaban J connectivity index is 2.31. The van der Waals surface area contributed by atoms with Crippen LogP contribution in [0.15, 0.2) is 24.3 Å². The summed E-state index contributed by atoms with van der Waals surface area (Å²) in [6, 6.07) is 6.35. The summed E-state index contributed by atoms with van der Waals surface area (Å²) < 4.78 is 9.84. The van der Waals surface area contributed by atoms with Crippen molar-refractivity contribution in [1.82, 2.24) is 10.9 Å². The van der Waals surface area contributed by atoms with Gasteiger partial charge in [0, 0.05) is 18.9 Å². The van der Waals surface area contributed by atoms with Crippen LogP contribution in [-0.4, -0.2) is 36.8 Å². The summed E-state index contributed by atoms with van der Waals surface area (Å²) in [7, 11) is 0.